The van der Waals surface area contributed by atoms with Crippen LogP contribution in [-0.4, -0.2) is 16.1 Å². The van der Waals surface area contributed by atoms with Gasteiger partial charge in [-0.2, -0.15) is 18.3 Å². The number of hydrogen-bond donors (Lipinski definition) is 2. The number of carbonyl (C=O) groups excluding carboxylic acids is 1. The monoisotopic (exact) mass is 283 g/mol. The van der Waals surface area contributed by atoms with Crippen LogP contribution >= 0.6 is 0 Å². The molecular formula is C13H12F3N3O. The maximum absolute atomic E-state index is 12.8. The second-order valence-corrected chi connectivity index (χ2v) is 4.13. The molecule has 1 amide bonds. The number of anilines is 1. The molecule has 0 radical (unpaired) electrons. The number of nitrogens with one attached hydrogen (secondary N) is 2. The maximum Gasteiger partial charge on any atom is 0.417 e. The fourth-order valence-electron chi connectivity index (χ4n) is 1.72. The van der Waals surface area contributed by atoms with E-state index in [1.54, 1.807) is 6.07 Å². The Balaban J connectivity index is 2.25. The molecule has 0 aliphatic carbocycles. The summed E-state index contributed by atoms with van der Waals surface area (Å²) in [6.45, 7) is 1.89. The lowest BCUT2D eigenvalue weighted by atomic mass is 10.1. The Labute approximate surface area is 113 Å². The molecular weight excluding hydrogens is 271 g/mol. The van der Waals surface area contributed by atoms with Crippen LogP contribution in [0, 0.1) is 0 Å². The van der Waals surface area contributed by atoms with Crippen LogP contribution in [0.4, 0.5) is 19.0 Å². The van der Waals surface area contributed by atoms with Gasteiger partial charge < -0.3 is 5.32 Å². The lowest BCUT2D eigenvalue weighted by Crippen LogP contribution is -2.18. The molecule has 0 unspecified atom stereocenters. The third-order valence-electron chi connectivity index (χ3n) is 2.73. The molecule has 4 nitrogen and oxygen atoms in total. The van der Waals surface area contributed by atoms with Crippen molar-refractivity contribution < 1.29 is 18.0 Å². The number of alkyl halides is 3. The lowest BCUT2D eigenvalue weighted by Gasteiger charge is -2.11. The summed E-state index contributed by atoms with van der Waals surface area (Å²) in [7, 11) is 0. The predicted octanol–water partition coefficient (Wildman–Crippen LogP) is 3.24. The first kappa shape index (κ1) is 14.1. The van der Waals surface area contributed by atoms with Crippen LogP contribution in [0.2, 0.25) is 0 Å². The van der Waals surface area contributed by atoms with Gasteiger partial charge in [0.05, 0.1) is 11.1 Å². The van der Waals surface area contributed by atoms with Crippen LogP contribution in [0.5, 0.6) is 0 Å². The number of aromatic nitrogens is 2. The van der Waals surface area contributed by atoms with Crippen molar-refractivity contribution in [1.82, 2.24) is 10.2 Å². The van der Waals surface area contributed by atoms with E-state index in [9.17, 15) is 18.0 Å². The van der Waals surface area contributed by atoms with Crippen LogP contribution in [0.1, 0.15) is 28.5 Å². The predicted molar refractivity (Wildman–Crippen MR) is 67.4 cm³/mol. The summed E-state index contributed by atoms with van der Waals surface area (Å²) >= 11 is 0. The highest BCUT2D eigenvalue weighted by atomic mass is 19.4. The second kappa shape index (κ2) is 5.36. The van der Waals surface area contributed by atoms with E-state index in [4.69, 9.17) is 0 Å². The first-order valence-electron chi connectivity index (χ1n) is 5.93. The summed E-state index contributed by atoms with van der Waals surface area (Å²) in [5.41, 5.74) is -0.616. The number of amides is 1. The summed E-state index contributed by atoms with van der Waals surface area (Å²) in [6, 6.07) is 6.20. The number of carbonyl (C=O) groups is 1. The molecule has 0 bridgehead atoms. The minimum absolute atomic E-state index is 0.198. The van der Waals surface area contributed by atoms with Gasteiger partial charge in [0.25, 0.3) is 5.91 Å². The number of aryl methyl sites for hydroxylation is 1. The van der Waals surface area contributed by atoms with Gasteiger partial charge in [-0.15, -0.1) is 0 Å². The highest BCUT2D eigenvalue weighted by Gasteiger charge is 2.34. The van der Waals surface area contributed by atoms with E-state index in [0.29, 0.717) is 6.42 Å². The summed E-state index contributed by atoms with van der Waals surface area (Å²) in [4.78, 5) is 11.9. The molecule has 1 aromatic carbocycles. The SMILES string of the molecule is CCc1cc(NC(=O)c2ccccc2C(F)(F)F)n[nH]1. The Bertz CT molecular complexity index is 619. The number of nitrogens with zero attached hydrogens (tertiary/aromatic N) is 1. The van der Waals surface area contributed by atoms with E-state index in [1.165, 1.54) is 12.1 Å². The molecule has 0 aliphatic rings. The smallest absolute Gasteiger partial charge is 0.305 e. The van der Waals surface area contributed by atoms with Crippen molar-refractivity contribution in [3.05, 3.63) is 47.2 Å². The van der Waals surface area contributed by atoms with Gasteiger partial charge >= 0.3 is 6.18 Å². The quantitative estimate of drug-likeness (QED) is 0.908. The average molecular weight is 283 g/mol. The van der Waals surface area contributed by atoms with Crippen molar-refractivity contribution >= 4 is 11.7 Å². The van der Waals surface area contributed by atoms with Crippen molar-refractivity contribution in [3.8, 4) is 0 Å². The zero-order valence-electron chi connectivity index (χ0n) is 10.6. The zero-order valence-corrected chi connectivity index (χ0v) is 10.6. The van der Waals surface area contributed by atoms with E-state index in [-0.39, 0.29) is 5.82 Å². The molecule has 0 saturated heterocycles. The Morgan fingerprint density at radius 1 is 1.35 bits per heavy atom. The van der Waals surface area contributed by atoms with Gasteiger partial charge in [0.15, 0.2) is 5.82 Å². The lowest BCUT2D eigenvalue weighted by molar-refractivity contribution is -0.137. The summed E-state index contributed by atoms with van der Waals surface area (Å²) in [5.74, 6) is -0.643. The molecule has 0 aliphatic heterocycles. The highest BCUT2D eigenvalue weighted by Crippen LogP contribution is 2.32. The number of rotatable bonds is 3. The summed E-state index contributed by atoms with van der Waals surface area (Å²) in [5, 5.41) is 8.82. The molecule has 2 N–H and O–H groups in total. The first-order valence-corrected chi connectivity index (χ1v) is 5.93. The van der Waals surface area contributed by atoms with Gasteiger partial charge in [0.1, 0.15) is 0 Å². The van der Waals surface area contributed by atoms with Gasteiger partial charge in [0, 0.05) is 11.8 Å². The Kier molecular flexibility index (Phi) is 3.78. The van der Waals surface area contributed by atoms with E-state index < -0.39 is 23.2 Å². The fraction of sp³-hybridized carbons (Fsp3) is 0.231. The molecule has 20 heavy (non-hydrogen) atoms. The van der Waals surface area contributed by atoms with E-state index in [2.05, 4.69) is 15.5 Å². The molecule has 2 aromatic rings. The normalized spacial score (nSPS) is 11.4. The summed E-state index contributed by atoms with van der Waals surface area (Å²) < 4.78 is 38.4. The Morgan fingerprint density at radius 2 is 2.05 bits per heavy atom. The minimum atomic E-state index is -4.58. The van der Waals surface area contributed by atoms with Gasteiger partial charge in [-0.3, -0.25) is 9.89 Å². The number of hydrogen-bond acceptors (Lipinski definition) is 2. The molecule has 7 heteroatoms. The number of aromatic amines is 1. The van der Waals surface area contributed by atoms with Gasteiger partial charge in [-0.25, -0.2) is 0 Å². The summed E-state index contributed by atoms with van der Waals surface area (Å²) in [6.07, 6.45) is -3.89. The van der Waals surface area contributed by atoms with Gasteiger partial charge in [0.2, 0.25) is 0 Å². The van der Waals surface area contributed by atoms with Crippen molar-refractivity contribution in [1.29, 1.82) is 0 Å². The maximum atomic E-state index is 12.8. The minimum Gasteiger partial charge on any atom is -0.305 e. The first-order chi connectivity index (χ1) is 9.41. The van der Waals surface area contributed by atoms with Gasteiger partial charge in [-0.1, -0.05) is 19.1 Å². The molecule has 106 valence electrons. The highest BCUT2D eigenvalue weighted by molar-refractivity contribution is 6.04. The van der Waals surface area contributed by atoms with Gasteiger partial charge in [-0.05, 0) is 18.6 Å². The average Bonchev–Trinajstić information content (AvgIpc) is 2.85. The van der Waals surface area contributed by atoms with E-state index in [0.717, 1.165) is 17.8 Å². The number of benzene rings is 1. The standard InChI is InChI=1S/C13H12F3N3O/c1-2-8-7-11(19-18-8)17-12(20)9-5-3-4-6-10(9)13(14,15)16/h3-7H,2H2,1H3,(H2,17,18,19,20). The Hall–Kier alpha value is -2.31. The van der Waals surface area contributed by atoms with Crippen molar-refractivity contribution in [2.45, 2.75) is 19.5 Å². The number of halogens is 3. The third-order valence-corrected chi connectivity index (χ3v) is 2.73. The van der Waals surface area contributed by atoms with E-state index in [1.807, 2.05) is 6.92 Å². The van der Waals surface area contributed by atoms with Crippen LogP contribution in [0.3, 0.4) is 0 Å². The topological polar surface area (TPSA) is 57.8 Å². The fourth-order valence-corrected chi connectivity index (χ4v) is 1.72. The zero-order chi connectivity index (χ0) is 14.8. The molecule has 0 fully saturated rings. The van der Waals surface area contributed by atoms with Crippen molar-refractivity contribution in [2.75, 3.05) is 5.32 Å². The van der Waals surface area contributed by atoms with Crippen LogP contribution in [0.15, 0.2) is 30.3 Å². The second-order valence-electron chi connectivity index (χ2n) is 4.13. The molecule has 0 spiro atoms. The van der Waals surface area contributed by atoms with E-state index >= 15 is 0 Å². The molecule has 1 aromatic heterocycles. The molecule has 2 rings (SSSR count). The van der Waals surface area contributed by atoms with Crippen molar-refractivity contribution in [3.63, 3.8) is 0 Å². The molecule has 0 atom stereocenters. The van der Waals surface area contributed by atoms with Crippen molar-refractivity contribution in [2.24, 2.45) is 0 Å². The molecule has 1 heterocycles. The largest absolute Gasteiger partial charge is 0.417 e. The number of H-pyrrole nitrogens is 1. The van der Waals surface area contributed by atoms with Crippen LogP contribution in [0.25, 0.3) is 0 Å². The molecule has 0 saturated carbocycles. The third kappa shape index (κ3) is 2.98. The Morgan fingerprint density at radius 3 is 2.65 bits per heavy atom. The van der Waals surface area contributed by atoms with Crippen LogP contribution < -0.4 is 5.32 Å². The van der Waals surface area contributed by atoms with Crippen LogP contribution in [-0.2, 0) is 12.6 Å².